The fourth-order valence-corrected chi connectivity index (χ4v) is 2.53. The van der Waals surface area contributed by atoms with E-state index >= 15 is 0 Å². The third kappa shape index (κ3) is 4.07. The smallest absolute Gasteiger partial charge is 0.313 e. The van der Waals surface area contributed by atoms with E-state index in [1.54, 1.807) is 0 Å². The molecule has 0 bridgehead atoms. The summed E-state index contributed by atoms with van der Waals surface area (Å²) in [5, 5.41) is 9.24. The normalized spacial score (nSPS) is 16.6. The molecule has 0 atom stereocenters. The predicted molar refractivity (Wildman–Crippen MR) is 74.8 cm³/mol. The summed E-state index contributed by atoms with van der Waals surface area (Å²) < 4.78 is 0. The zero-order valence-corrected chi connectivity index (χ0v) is 12.0. The maximum absolute atomic E-state index is 10.6. The van der Waals surface area contributed by atoms with E-state index in [2.05, 4.69) is 26.8 Å². The molecule has 1 fully saturated rings. The summed E-state index contributed by atoms with van der Waals surface area (Å²) in [4.78, 5) is 23.8. The Morgan fingerprint density at radius 1 is 1.37 bits per heavy atom. The summed E-state index contributed by atoms with van der Waals surface area (Å²) >= 11 is 1.16. The summed E-state index contributed by atoms with van der Waals surface area (Å²) in [6.45, 7) is 5.82. The molecule has 19 heavy (non-hydrogen) atoms. The van der Waals surface area contributed by atoms with Gasteiger partial charge in [0.05, 0.1) is 5.75 Å². The number of anilines is 1. The molecule has 7 heteroatoms. The van der Waals surface area contributed by atoms with Gasteiger partial charge >= 0.3 is 5.97 Å². The molecule has 104 valence electrons. The van der Waals surface area contributed by atoms with Gasteiger partial charge in [-0.1, -0.05) is 11.8 Å². The van der Waals surface area contributed by atoms with Crippen molar-refractivity contribution < 1.29 is 9.90 Å². The van der Waals surface area contributed by atoms with Gasteiger partial charge in [-0.2, -0.15) is 0 Å². The Hall–Kier alpha value is -1.34. The van der Waals surface area contributed by atoms with E-state index in [1.807, 2.05) is 13.0 Å². The first-order valence-electron chi connectivity index (χ1n) is 6.18. The lowest BCUT2D eigenvalue weighted by molar-refractivity contribution is -0.133. The number of aryl methyl sites for hydroxylation is 1. The largest absolute Gasteiger partial charge is 0.481 e. The number of carboxylic acid groups (broad SMARTS) is 1. The number of aromatic nitrogens is 2. The van der Waals surface area contributed by atoms with Crippen LogP contribution in [-0.4, -0.2) is 64.9 Å². The molecule has 0 amide bonds. The second-order valence-corrected chi connectivity index (χ2v) is 5.57. The molecule has 6 nitrogen and oxygen atoms in total. The van der Waals surface area contributed by atoms with Crippen LogP contribution < -0.4 is 4.90 Å². The van der Waals surface area contributed by atoms with Gasteiger partial charge in [0, 0.05) is 37.9 Å². The molecule has 0 spiro atoms. The number of nitrogens with zero attached hydrogens (tertiary/aromatic N) is 4. The third-order valence-electron chi connectivity index (χ3n) is 2.97. The minimum atomic E-state index is -0.851. The number of aliphatic carboxylic acids is 1. The number of likely N-dealkylation sites (N-methyl/N-ethyl adjacent to an activating group) is 1. The van der Waals surface area contributed by atoms with Crippen molar-refractivity contribution >= 4 is 23.5 Å². The van der Waals surface area contributed by atoms with Gasteiger partial charge in [-0.3, -0.25) is 4.79 Å². The Kier molecular flexibility index (Phi) is 4.60. The van der Waals surface area contributed by atoms with Gasteiger partial charge in [-0.25, -0.2) is 9.97 Å². The summed E-state index contributed by atoms with van der Waals surface area (Å²) in [5.41, 5.74) is 0.872. The van der Waals surface area contributed by atoms with Crippen LogP contribution in [-0.2, 0) is 4.79 Å². The summed E-state index contributed by atoms with van der Waals surface area (Å²) in [6.07, 6.45) is 0. The maximum atomic E-state index is 10.6. The van der Waals surface area contributed by atoms with Gasteiger partial charge in [-0.05, 0) is 14.0 Å². The number of hydrogen-bond acceptors (Lipinski definition) is 6. The highest BCUT2D eigenvalue weighted by molar-refractivity contribution is 7.99. The molecule has 0 aliphatic carbocycles. The molecule has 2 rings (SSSR count). The predicted octanol–water partition coefficient (Wildman–Crippen LogP) is 0.714. The molecule has 1 saturated heterocycles. The summed E-state index contributed by atoms with van der Waals surface area (Å²) in [5.74, 6) is 0.0378. The van der Waals surface area contributed by atoms with Crippen LogP contribution in [0.2, 0.25) is 0 Å². The van der Waals surface area contributed by atoms with Gasteiger partial charge in [0.25, 0.3) is 0 Å². The van der Waals surface area contributed by atoms with Crippen LogP contribution >= 0.6 is 11.8 Å². The van der Waals surface area contributed by atoms with Gasteiger partial charge in [0.1, 0.15) is 5.82 Å². The maximum Gasteiger partial charge on any atom is 0.313 e. The Morgan fingerprint density at radius 3 is 2.68 bits per heavy atom. The van der Waals surface area contributed by atoms with E-state index in [9.17, 15) is 4.79 Å². The van der Waals surface area contributed by atoms with E-state index in [1.165, 1.54) is 0 Å². The van der Waals surface area contributed by atoms with E-state index in [-0.39, 0.29) is 5.75 Å². The number of rotatable bonds is 4. The molecule has 0 unspecified atom stereocenters. The molecule has 2 heterocycles. The summed E-state index contributed by atoms with van der Waals surface area (Å²) in [6, 6.07) is 1.95. The average Bonchev–Trinajstić information content (AvgIpc) is 2.36. The SMILES string of the molecule is Cc1cc(N2CCN(C)CC2)nc(SCC(=O)O)n1. The number of thioether (sulfide) groups is 1. The van der Waals surface area contributed by atoms with Gasteiger partial charge in [0.15, 0.2) is 5.16 Å². The molecule has 1 N–H and O–H groups in total. The molecule has 1 aliphatic heterocycles. The molecule has 0 radical (unpaired) electrons. The standard InChI is InChI=1S/C12H18N4O2S/c1-9-7-10(16-5-3-15(2)4-6-16)14-12(13-9)19-8-11(17)18/h7H,3-6,8H2,1-2H3,(H,17,18). The van der Waals surface area contributed by atoms with Crippen LogP contribution in [0.4, 0.5) is 5.82 Å². The Labute approximate surface area is 116 Å². The van der Waals surface area contributed by atoms with Crippen LogP contribution in [0.5, 0.6) is 0 Å². The van der Waals surface area contributed by atoms with E-state index in [4.69, 9.17) is 5.11 Å². The first-order valence-corrected chi connectivity index (χ1v) is 7.17. The highest BCUT2D eigenvalue weighted by atomic mass is 32.2. The average molecular weight is 282 g/mol. The number of piperazine rings is 1. The van der Waals surface area contributed by atoms with Gasteiger partial charge in [-0.15, -0.1) is 0 Å². The van der Waals surface area contributed by atoms with Crippen molar-refractivity contribution in [2.75, 3.05) is 43.9 Å². The van der Waals surface area contributed by atoms with Crippen molar-refractivity contribution in [2.45, 2.75) is 12.1 Å². The zero-order chi connectivity index (χ0) is 13.8. The molecule has 1 aliphatic rings. The highest BCUT2D eigenvalue weighted by Crippen LogP contribution is 2.20. The van der Waals surface area contributed by atoms with Crippen LogP contribution in [0, 0.1) is 6.92 Å². The van der Waals surface area contributed by atoms with Gasteiger partial charge in [0.2, 0.25) is 0 Å². The molecular weight excluding hydrogens is 264 g/mol. The highest BCUT2D eigenvalue weighted by Gasteiger charge is 2.16. The van der Waals surface area contributed by atoms with Crippen molar-refractivity contribution in [1.82, 2.24) is 14.9 Å². The zero-order valence-electron chi connectivity index (χ0n) is 11.2. The van der Waals surface area contributed by atoms with Crippen LogP contribution in [0.3, 0.4) is 0 Å². The fourth-order valence-electron chi connectivity index (χ4n) is 1.91. The van der Waals surface area contributed by atoms with Crippen molar-refractivity contribution in [2.24, 2.45) is 0 Å². The minimum Gasteiger partial charge on any atom is -0.481 e. The first kappa shape index (κ1) is 14.1. The van der Waals surface area contributed by atoms with Crippen LogP contribution in [0.15, 0.2) is 11.2 Å². The van der Waals surface area contributed by atoms with E-state index in [0.29, 0.717) is 5.16 Å². The lowest BCUT2D eigenvalue weighted by Gasteiger charge is -2.33. The minimum absolute atomic E-state index is 0.00830. The monoisotopic (exact) mass is 282 g/mol. The number of carbonyl (C=O) groups is 1. The Bertz CT molecular complexity index is 461. The molecule has 1 aromatic heterocycles. The van der Waals surface area contributed by atoms with Gasteiger partial charge < -0.3 is 14.9 Å². The van der Waals surface area contributed by atoms with Crippen LogP contribution in [0.1, 0.15) is 5.69 Å². The third-order valence-corrected chi connectivity index (χ3v) is 3.80. The Morgan fingerprint density at radius 2 is 2.05 bits per heavy atom. The fraction of sp³-hybridized carbons (Fsp3) is 0.583. The molecule has 1 aromatic rings. The molecular formula is C12H18N4O2S. The Balaban J connectivity index is 2.09. The molecule has 0 saturated carbocycles. The van der Waals surface area contributed by atoms with E-state index in [0.717, 1.165) is 49.5 Å². The topological polar surface area (TPSA) is 69.6 Å². The number of carboxylic acids is 1. The second kappa shape index (κ2) is 6.21. The summed E-state index contributed by atoms with van der Waals surface area (Å²) in [7, 11) is 2.11. The second-order valence-electron chi connectivity index (χ2n) is 4.62. The molecule has 0 aromatic carbocycles. The van der Waals surface area contributed by atoms with Crippen molar-refractivity contribution in [3.05, 3.63) is 11.8 Å². The lowest BCUT2D eigenvalue weighted by Crippen LogP contribution is -2.44. The van der Waals surface area contributed by atoms with E-state index < -0.39 is 5.97 Å². The lowest BCUT2D eigenvalue weighted by atomic mass is 10.3. The quantitative estimate of drug-likeness (QED) is 0.644. The first-order chi connectivity index (χ1) is 9.04. The number of hydrogen-bond donors (Lipinski definition) is 1. The van der Waals surface area contributed by atoms with Crippen molar-refractivity contribution in [3.63, 3.8) is 0 Å². The van der Waals surface area contributed by atoms with Crippen molar-refractivity contribution in [3.8, 4) is 0 Å². The van der Waals surface area contributed by atoms with Crippen molar-refractivity contribution in [1.29, 1.82) is 0 Å². The van der Waals surface area contributed by atoms with Crippen LogP contribution in [0.25, 0.3) is 0 Å².